The highest BCUT2D eigenvalue weighted by atomic mass is 32.2. The Labute approximate surface area is 171 Å². The number of carboxylic acid groups (broad SMARTS) is 1. The third-order valence-electron chi connectivity index (χ3n) is 3.80. The highest BCUT2D eigenvalue weighted by molar-refractivity contribution is 7.98. The van der Waals surface area contributed by atoms with Gasteiger partial charge in [-0.25, -0.2) is 4.98 Å². The predicted molar refractivity (Wildman–Crippen MR) is 105 cm³/mol. The number of aliphatic hydroxyl groups is 1. The second-order valence-electron chi connectivity index (χ2n) is 6.09. The summed E-state index contributed by atoms with van der Waals surface area (Å²) < 4.78 is 0. The molecule has 12 nitrogen and oxygen atoms in total. The summed E-state index contributed by atoms with van der Waals surface area (Å²) in [5.74, 6) is -2.82. The van der Waals surface area contributed by atoms with Crippen LogP contribution in [0.1, 0.15) is 12.1 Å². The van der Waals surface area contributed by atoms with Crippen LogP contribution in [0.15, 0.2) is 12.5 Å². The summed E-state index contributed by atoms with van der Waals surface area (Å²) in [6.45, 7) is -1.30. The van der Waals surface area contributed by atoms with Crippen molar-refractivity contribution in [3.05, 3.63) is 18.2 Å². The Bertz CT molecular complexity index is 685. The van der Waals surface area contributed by atoms with Gasteiger partial charge in [-0.15, -0.1) is 0 Å². The third-order valence-corrected chi connectivity index (χ3v) is 4.45. The van der Waals surface area contributed by atoms with Crippen molar-refractivity contribution >= 4 is 35.5 Å². The van der Waals surface area contributed by atoms with Gasteiger partial charge in [0.2, 0.25) is 17.7 Å². The summed E-state index contributed by atoms with van der Waals surface area (Å²) in [7, 11) is 0. The Morgan fingerprint density at radius 2 is 1.90 bits per heavy atom. The monoisotopic (exact) mass is 430 g/mol. The number of aromatic amines is 1. The molecule has 3 amide bonds. The average Bonchev–Trinajstić information content (AvgIpc) is 3.19. The van der Waals surface area contributed by atoms with E-state index in [1.807, 2.05) is 6.26 Å². The summed E-state index contributed by atoms with van der Waals surface area (Å²) in [5.41, 5.74) is 6.43. The number of rotatable bonds is 13. The van der Waals surface area contributed by atoms with Crippen LogP contribution in [0.25, 0.3) is 0 Å². The number of nitrogens with two attached hydrogens (primary N) is 1. The minimum Gasteiger partial charge on any atom is -0.480 e. The molecule has 0 aliphatic rings. The number of imidazole rings is 1. The lowest BCUT2D eigenvalue weighted by Gasteiger charge is -2.22. The zero-order valence-electron chi connectivity index (χ0n) is 15.9. The quantitative estimate of drug-likeness (QED) is 0.173. The van der Waals surface area contributed by atoms with E-state index in [1.165, 1.54) is 24.3 Å². The van der Waals surface area contributed by atoms with Crippen LogP contribution in [-0.2, 0) is 25.6 Å². The first-order chi connectivity index (χ1) is 13.8. The lowest BCUT2D eigenvalue weighted by molar-refractivity contribution is -0.138. The van der Waals surface area contributed by atoms with Gasteiger partial charge in [-0.2, -0.15) is 11.8 Å². The molecule has 0 saturated carbocycles. The maximum atomic E-state index is 12.4. The highest BCUT2D eigenvalue weighted by Gasteiger charge is 2.27. The molecule has 0 aliphatic heterocycles. The number of carboxylic acids is 1. The van der Waals surface area contributed by atoms with Gasteiger partial charge in [-0.05, 0) is 18.4 Å². The van der Waals surface area contributed by atoms with E-state index in [0.717, 1.165) is 0 Å². The molecule has 13 heteroatoms. The van der Waals surface area contributed by atoms with Crippen LogP contribution in [0.3, 0.4) is 0 Å². The fourth-order valence-electron chi connectivity index (χ4n) is 2.26. The van der Waals surface area contributed by atoms with Gasteiger partial charge >= 0.3 is 5.97 Å². The lowest BCUT2D eigenvalue weighted by atomic mass is 10.1. The van der Waals surface area contributed by atoms with E-state index in [0.29, 0.717) is 11.4 Å². The molecule has 3 unspecified atom stereocenters. The topological polar surface area (TPSA) is 200 Å². The Morgan fingerprint density at radius 1 is 1.21 bits per heavy atom. The van der Waals surface area contributed by atoms with Crippen molar-refractivity contribution in [1.82, 2.24) is 25.9 Å². The van der Waals surface area contributed by atoms with E-state index >= 15 is 0 Å². The van der Waals surface area contributed by atoms with Gasteiger partial charge in [-0.3, -0.25) is 19.2 Å². The zero-order valence-corrected chi connectivity index (χ0v) is 16.7. The molecular formula is C16H26N6O6S. The number of amides is 3. The summed E-state index contributed by atoms with van der Waals surface area (Å²) in [6, 6.07) is -3.32. The van der Waals surface area contributed by atoms with Gasteiger partial charge < -0.3 is 36.9 Å². The van der Waals surface area contributed by atoms with Gasteiger partial charge in [0.05, 0.1) is 19.0 Å². The van der Waals surface area contributed by atoms with E-state index in [-0.39, 0.29) is 12.8 Å². The number of aliphatic hydroxyl groups excluding tert-OH is 1. The van der Waals surface area contributed by atoms with Crippen molar-refractivity contribution < 1.29 is 29.4 Å². The Hall–Kier alpha value is -2.64. The minimum absolute atomic E-state index is 0.152. The van der Waals surface area contributed by atoms with E-state index in [9.17, 15) is 24.3 Å². The molecule has 0 bridgehead atoms. The number of aromatic nitrogens is 2. The van der Waals surface area contributed by atoms with Crippen molar-refractivity contribution in [1.29, 1.82) is 0 Å². The largest absolute Gasteiger partial charge is 0.480 e. The van der Waals surface area contributed by atoms with Crippen LogP contribution >= 0.6 is 11.8 Å². The maximum absolute atomic E-state index is 12.4. The summed E-state index contributed by atoms with van der Waals surface area (Å²) >= 11 is 1.44. The van der Waals surface area contributed by atoms with Crippen molar-refractivity contribution in [2.75, 3.05) is 25.2 Å². The number of H-pyrrole nitrogens is 1. The smallest absolute Gasteiger partial charge is 0.322 e. The molecular weight excluding hydrogens is 404 g/mol. The third kappa shape index (κ3) is 8.93. The molecule has 1 heterocycles. The summed E-state index contributed by atoms with van der Waals surface area (Å²) in [5, 5.41) is 25.1. The minimum atomic E-state index is -1.32. The van der Waals surface area contributed by atoms with Crippen LogP contribution in [0.5, 0.6) is 0 Å². The lowest BCUT2D eigenvalue weighted by Crippen LogP contribution is -2.57. The SMILES string of the molecule is CSCCC(NC(=O)C(CO)NC(=O)C(N)Cc1cnc[nH]1)C(=O)NCC(=O)O. The van der Waals surface area contributed by atoms with Gasteiger partial charge in [-0.1, -0.05) is 0 Å². The van der Waals surface area contributed by atoms with Crippen molar-refractivity contribution in [3.8, 4) is 0 Å². The first-order valence-electron chi connectivity index (χ1n) is 8.71. The van der Waals surface area contributed by atoms with Gasteiger partial charge in [0.15, 0.2) is 0 Å². The van der Waals surface area contributed by atoms with Crippen LogP contribution in [0, 0.1) is 0 Å². The molecule has 0 saturated heterocycles. The van der Waals surface area contributed by atoms with Crippen molar-refractivity contribution in [3.63, 3.8) is 0 Å². The van der Waals surface area contributed by atoms with Crippen molar-refractivity contribution in [2.24, 2.45) is 5.73 Å². The van der Waals surface area contributed by atoms with E-state index in [4.69, 9.17) is 10.8 Å². The van der Waals surface area contributed by atoms with E-state index in [2.05, 4.69) is 25.9 Å². The number of aliphatic carboxylic acids is 1. The van der Waals surface area contributed by atoms with Crippen LogP contribution < -0.4 is 21.7 Å². The van der Waals surface area contributed by atoms with Crippen LogP contribution in [0.2, 0.25) is 0 Å². The number of thioether (sulfide) groups is 1. The normalized spacial score (nSPS) is 13.8. The predicted octanol–water partition coefficient (Wildman–Crippen LogP) is -2.80. The van der Waals surface area contributed by atoms with Gasteiger partial charge in [0.1, 0.15) is 18.6 Å². The molecule has 29 heavy (non-hydrogen) atoms. The number of hydrogen-bond donors (Lipinski definition) is 7. The maximum Gasteiger partial charge on any atom is 0.322 e. The fraction of sp³-hybridized carbons (Fsp3) is 0.562. The number of carbonyl (C=O) groups is 4. The molecule has 162 valence electrons. The molecule has 0 fully saturated rings. The summed E-state index contributed by atoms with van der Waals surface area (Å²) in [4.78, 5) is 54.0. The number of nitrogens with one attached hydrogen (secondary N) is 4. The number of carbonyl (C=O) groups excluding carboxylic acids is 3. The Morgan fingerprint density at radius 3 is 2.45 bits per heavy atom. The van der Waals surface area contributed by atoms with E-state index < -0.39 is 55.0 Å². The summed E-state index contributed by atoms with van der Waals surface area (Å²) in [6.07, 6.45) is 5.15. The van der Waals surface area contributed by atoms with Crippen LogP contribution in [0.4, 0.5) is 0 Å². The standard InChI is InChI=1S/C16H26N6O6S/c1-29-3-2-11(15(27)19-6-13(24)25)21-16(28)12(7-23)22-14(26)10(17)4-9-5-18-8-20-9/h5,8,10-12,23H,2-4,6-7,17H2,1H3,(H,18,20)(H,19,27)(H,21,28)(H,22,26)(H,24,25). The number of hydrogen-bond acceptors (Lipinski definition) is 8. The molecule has 0 spiro atoms. The first-order valence-corrected chi connectivity index (χ1v) is 10.1. The molecule has 1 aromatic rings. The van der Waals surface area contributed by atoms with Gasteiger partial charge in [0.25, 0.3) is 0 Å². The van der Waals surface area contributed by atoms with Crippen LogP contribution in [-0.4, -0.2) is 87.2 Å². The Balaban J connectivity index is 2.67. The molecule has 1 rings (SSSR count). The number of nitrogens with zero attached hydrogens (tertiary/aromatic N) is 1. The molecule has 0 radical (unpaired) electrons. The second kappa shape index (κ2) is 12.7. The average molecular weight is 430 g/mol. The zero-order chi connectivity index (χ0) is 21.8. The molecule has 0 aliphatic carbocycles. The first kappa shape index (κ1) is 24.4. The Kier molecular flexibility index (Phi) is 10.7. The second-order valence-corrected chi connectivity index (χ2v) is 7.07. The molecule has 0 aromatic carbocycles. The molecule has 8 N–H and O–H groups in total. The molecule has 1 aromatic heterocycles. The molecule has 3 atom stereocenters. The van der Waals surface area contributed by atoms with E-state index in [1.54, 1.807) is 0 Å². The fourth-order valence-corrected chi connectivity index (χ4v) is 2.73. The van der Waals surface area contributed by atoms with Crippen molar-refractivity contribution in [2.45, 2.75) is 31.0 Å². The highest BCUT2D eigenvalue weighted by Crippen LogP contribution is 2.02. The van der Waals surface area contributed by atoms with Gasteiger partial charge in [0, 0.05) is 18.3 Å².